The van der Waals surface area contributed by atoms with Crippen molar-refractivity contribution in [2.24, 2.45) is 11.5 Å². The van der Waals surface area contributed by atoms with Crippen molar-refractivity contribution in [2.45, 2.75) is 37.2 Å². The largest absolute Gasteiger partial charge is 0.351 e. The van der Waals surface area contributed by atoms with Crippen LogP contribution in [-0.4, -0.2) is 38.5 Å². The summed E-state index contributed by atoms with van der Waals surface area (Å²) in [5.41, 5.74) is 15.9. The Hall–Kier alpha value is -2.16. The van der Waals surface area contributed by atoms with Gasteiger partial charge < -0.3 is 16.4 Å². The summed E-state index contributed by atoms with van der Waals surface area (Å²) in [6, 6.07) is 15.9. The highest BCUT2D eigenvalue weighted by molar-refractivity contribution is 8.24. The summed E-state index contributed by atoms with van der Waals surface area (Å²) in [6.45, 7) is 5.50. The number of benzene rings is 2. The molecule has 0 spiro atoms. The van der Waals surface area contributed by atoms with Crippen LogP contribution in [0.2, 0.25) is 0 Å². The molecule has 0 radical (unpaired) electrons. The molecular formula is C23H30N4O2S. The summed E-state index contributed by atoms with van der Waals surface area (Å²) in [5, 5.41) is 1.09. The number of pyridine rings is 1. The van der Waals surface area contributed by atoms with Gasteiger partial charge in [-0.2, -0.15) is 10.6 Å². The van der Waals surface area contributed by atoms with Gasteiger partial charge in [-0.05, 0) is 55.7 Å². The van der Waals surface area contributed by atoms with Crippen LogP contribution in [0.4, 0.5) is 5.82 Å². The molecule has 0 amide bonds. The van der Waals surface area contributed by atoms with Gasteiger partial charge in [0.15, 0.2) is 0 Å². The fourth-order valence-electron chi connectivity index (χ4n) is 3.99. The van der Waals surface area contributed by atoms with Gasteiger partial charge in [0.2, 0.25) is 0 Å². The van der Waals surface area contributed by atoms with Gasteiger partial charge >= 0.3 is 0 Å². The number of hydrogen-bond donors (Lipinski definition) is 4. The summed E-state index contributed by atoms with van der Waals surface area (Å²) in [6.07, 6.45) is 0.637. The van der Waals surface area contributed by atoms with E-state index in [1.807, 2.05) is 37.3 Å². The van der Waals surface area contributed by atoms with Gasteiger partial charge in [-0.15, -0.1) is 0 Å². The van der Waals surface area contributed by atoms with Crippen LogP contribution in [0, 0.1) is 6.92 Å². The molecule has 1 aliphatic rings. The molecule has 0 fully saturated rings. The molecule has 1 aromatic heterocycles. The predicted molar refractivity (Wildman–Crippen MR) is 125 cm³/mol. The average molecular weight is 427 g/mol. The first-order chi connectivity index (χ1) is 14.2. The van der Waals surface area contributed by atoms with Crippen molar-refractivity contribution in [3.05, 3.63) is 65.2 Å². The highest BCUT2D eigenvalue weighted by atomic mass is 32.3. The van der Waals surface area contributed by atoms with E-state index in [4.69, 9.17) is 16.5 Å². The predicted octanol–water partition coefficient (Wildman–Crippen LogP) is 3.89. The van der Waals surface area contributed by atoms with E-state index in [1.54, 1.807) is 0 Å². The Balaban J connectivity index is 1.80. The minimum atomic E-state index is -2.82. The minimum Gasteiger partial charge on any atom is -0.351 e. The molecule has 1 atom stereocenters. The summed E-state index contributed by atoms with van der Waals surface area (Å²) in [4.78, 5) is 7.68. The molecule has 1 unspecified atom stereocenters. The standard InChI is InChI=1S/C23H30N4O2S/c1-16-7-8-20-19(11-16)18(13-23(2,25)15-24)12-22(26-20)27-9-10-30(28,29)21-6-4-3-5-17(21)14-27/h3-8,11-12,28-29H,9-10,13-15,24-25H2,1-2H3. The molecule has 0 saturated carbocycles. The second-order valence-electron chi connectivity index (χ2n) is 8.60. The number of nitrogens with two attached hydrogens (primary N) is 2. The van der Waals surface area contributed by atoms with Crippen LogP contribution in [0.25, 0.3) is 10.9 Å². The van der Waals surface area contributed by atoms with Crippen molar-refractivity contribution in [1.29, 1.82) is 0 Å². The van der Waals surface area contributed by atoms with E-state index in [1.165, 1.54) is 5.56 Å². The lowest BCUT2D eigenvalue weighted by atomic mass is 9.91. The highest BCUT2D eigenvalue weighted by Gasteiger charge is 2.27. The van der Waals surface area contributed by atoms with Crippen molar-refractivity contribution in [1.82, 2.24) is 4.98 Å². The number of hydrogen-bond acceptors (Lipinski definition) is 6. The fourth-order valence-corrected chi connectivity index (χ4v) is 5.53. The Morgan fingerprint density at radius 3 is 2.70 bits per heavy atom. The van der Waals surface area contributed by atoms with Gasteiger partial charge in [-0.1, -0.05) is 29.8 Å². The molecule has 0 saturated heterocycles. The van der Waals surface area contributed by atoms with Gasteiger partial charge in [-0.25, -0.2) is 4.98 Å². The molecule has 7 heteroatoms. The first kappa shape index (κ1) is 21.1. The second kappa shape index (κ2) is 7.83. The lowest BCUT2D eigenvalue weighted by Gasteiger charge is -2.32. The molecule has 4 rings (SSSR count). The molecule has 160 valence electrons. The van der Waals surface area contributed by atoms with E-state index < -0.39 is 16.1 Å². The van der Waals surface area contributed by atoms with Crippen LogP contribution in [0.1, 0.15) is 23.6 Å². The Morgan fingerprint density at radius 2 is 1.93 bits per heavy atom. The Bertz CT molecular complexity index is 1080. The maximum Gasteiger partial charge on any atom is 0.129 e. The van der Waals surface area contributed by atoms with Gasteiger partial charge in [0, 0.05) is 30.6 Å². The molecule has 6 nitrogen and oxygen atoms in total. The zero-order valence-corrected chi connectivity index (χ0v) is 18.3. The van der Waals surface area contributed by atoms with Gasteiger partial charge in [-0.3, -0.25) is 9.11 Å². The monoisotopic (exact) mass is 426 g/mol. The van der Waals surface area contributed by atoms with Crippen LogP contribution in [-0.2, 0) is 13.0 Å². The van der Waals surface area contributed by atoms with E-state index in [0.717, 1.165) is 27.8 Å². The summed E-state index contributed by atoms with van der Waals surface area (Å²) < 4.78 is 21.3. The topological polar surface area (TPSA) is 109 Å². The SMILES string of the molecule is Cc1ccc2nc(N3CCS(O)(O)c4ccccc4C3)cc(CC(C)(N)CN)c2c1. The van der Waals surface area contributed by atoms with Crippen molar-refractivity contribution >= 4 is 27.3 Å². The lowest BCUT2D eigenvalue weighted by molar-refractivity contribution is 0.479. The maximum atomic E-state index is 10.7. The van der Waals surface area contributed by atoms with Crippen LogP contribution in [0.5, 0.6) is 0 Å². The third kappa shape index (κ3) is 4.17. The minimum absolute atomic E-state index is 0.282. The van der Waals surface area contributed by atoms with Crippen molar-refractivity contribution < 1.29 is 9.11 Å². The number of nitrogens with zero attached hydrogens (tertiary/aromatic N) is 2. The molecule has 2 aromatic carbocycles. The Morgan fingerprint density at radius 1 is 1.17 bits per heavy atom. The zero-order chi connectivity index (χ0) is 21.5. The average Bonchev–Trinajstić information content (AvgIpc) is 2.84. The normalized spacial score (nSPS) is 19.1. The summed E-state index contributed by atoms with van der Waals surface area (Å²) >= 11 is 0. The zero-order valence-electron chi connectivity index (χ0n) is 17.5. The Labute approximate surface area is 179 Å². The van der Waals surface area contributed by atoms with Crippen molar-refractivity contribution in [3.8, 4) is 0 Å². The quantitative estimate of drug-likeness (QED) is 0.504. The van der Waals surface area contributed by atoms with E-state index >= 15 is 0 Å². The molecule has 2 heterocycles. The second-order valence-corrected chi connectivity index (χ2v) is 10.8. The Kier molecular flexibility index (Phi) is 5.50. The highest BCUT2D eigenvalue weighted by Crippen LogP contribution is 2.51. The molecule has 3 aromatic rings. The van der Waals surface area contributed by atoms with Gasteiger partial charge in [0.05, 0.1) is 16.2 Å². The van der Waals surface area contributed by atoms with E-state index in [9.17, 15) is 9.11 Å². The third-order valence-corrected chi connectivity index (χ3v) is 7.61. The molecular weight excluding hydrogens is 396 g/mol. The summed E-state index contributed by atoms with van der Waals surface area (Å²) in [7, 11) is -2.82. The smallest absolute Gasteiger partial charge is 0.129 e. The number of aromatic nitrogens is 1. The van der Waals surface area contributed by atoms with Gasteiger partial charge in [0.1, 0.15) is 5.82 Å². The van der Waals surface area contributed by atoms with Crippen LogP contribution >= 0.6 is 10.6 Å². The van der Waals surface area contributed by atoms with Crippen molar-refractivity contribution in [2.75, 3.05) is 23.7 Å². The number of rotatable bonds is 4. The van der Waals surface area contributed by atoms with Crippen LogP contribution in [0.15, 0.2) is 53.4 Å². The van der Waals surface area contributed by atoms with E-state index in [0.29, 0.717) is 31.0 Å². The fraction of sp³-hybridized carbons (Fsp3) is 0.348. The molecule has 6 N–H and O–H groups in total. The molecule has 0 bridgehead atoms. The molecule has 0 aliphatic carbocycles. The van der Waals surface area contributed by atoms with Crippen molar-refractivity contribution in [3.63, 3.8) is 0 Å². The first-order valence-corrected chi connectivity index (χ1v) is 11.9. The van der Waals surface area contributed by atoms with Crippen LogP contribution in [0.3, 0.4) is 0 Å². The first-order valence-electron chi connectivity index (χ1n) is 10.2. The lowest BCUT2D eigenvalue weighted by Crippen LogP contribution is -2.45. The number of aryl methyl sites for hydroxylation is 1. The third-order valence-electron chi connectivity index (χ3n) is 5.75. The van der Waals surface area contributed by atoms with E-state index in [-0.39, 0.29) is 5.75 Å². The maximum absolute atomic E-state index is 10.7. The van der Waals surface area contributed by atoms with Crippen LogP contribution < -0.4 is 16.4 Å². The van der Waals surface area contributed by atoms with E-state index in [2.05, 4.69) is 30.0 Å². The molecule has 30 heavy (non-hydrogen) atoms. The summed E-state index contributed by atoms with van der Waals surface area (Å²) in [5.74, 6) is 1.10. The number of fused-ring (bicyclic) bond motifs is 2. The number of anilines is 1. The molecule has 1 aliphatic heterocycles. The van der Waals surface area contributed by atoms with Gasteiger partial charge in [0.25, 0.3) is 0 Å².